The van der Waals surface area contributed by atoms with Gasteiger partial charge in [-0.1, -0.05) is 12.1 Å². The number of aryl methyl sites for hydroxylation is 1. The predicted molar refractivity (Wildman–Crippen MR) is 157 cm³/mol. The number of ether oxygens (including phenoxy) is 2. The Balaban J connectivity index is 1.59. The van der Waals surface area contributed by atoms with Gasteiger partial charge in [-0.05, 0) is 45.0 Å². The molecule has 0 atom stereocenters. The third-order valence-electron chi connectivity index (χ3n) is 5.69. The van der Waals surface area contributed by atoms with Gasteiger partial charge in [0.05, 0.1) is 18.4 Å². The van der Waals surface area contributed by atoms with E-state index in [1.807, 2.05) is 18.2 Å². The maximum atomic E-state index is 13.3. The van der Waals surface area contributed by atoms with E-state index in [0.717, 1.165) is 0 Å². The summed E-state index contributed by atoms with van der Waals surface area (Å²) in [7, 11) is 4.91. The minimum atomic E-state index is -0.622. The zero-order valence-electron chi connectivity index (χ0n) is 24.4. The van der Waals surface area contributed by atoms with Crippen LogP contribution in [0.2, 0.25) is 0 Å². The number of nitrogens with one attached hydrogen (secondary N) is 3. The number of anilines is 4. The van der Waals surface area contributed by atoms with E-state index in [9.17, 15) is 9.59 Å². The van der Waals surface area contributed by atoms with Gasteiger partial charge in [0.2, 0.25) is 5.95 Å². The first kappa shape index (κ1) is 29.7. The predicted octanol–water partition coefficient (Wildman–Crippen LogP) is 3.76. The summed E-state index contributed by atoms with van der Waals surface area (Å²) >= 11 is 0. The first-order valence-corrected chi connectivity index (χ1v) is 13.1. The van der Waals surface area contributed by atoms with Gasteiger partial charge in [-0.15, -0.1) is 0 Å². The van der Waals surface area contributed by atoms with Crippen LogP contribution in [0.4, 0.5) is 28.1 Å². The monoisotopic (exact) mass is 574 g/mol. The van der Waals surface area contributed by atoms with Crippen molar-refractivity contribution in [3.05, 3.63) is 60.7 Å². The minimum absolute atomic E-state index is 0.171. The maximum Gasteiger partial charge on any atom is 0.410 e. The molecule has 3 heterocycles. The van der Waals surface area contributed by atoms with Crippen LogP contribution in [0.25, 0.3) is 11.4 Å². The van der Waals surface area contributed by atoms with Gasteiger partial charge < -0.3 is 30.3 Å². The fourth-order valence-electron chi connectivity index (χ4n) is 3.74. The second-order valence-electron chi connectivity index (χ2n) is 10.2. The number of carbonyl (C=O) groups is 2. The molecule has 3 aromatic heterocycles. The molecule has 1 aromatic carbocycles. The van der Waals surface area contributed by atoms with Crippen LogP contribution in [0.15, 0.2) is 55.1 Å². The van der Waals surface area contributed by atoms with Gasteiger partial charge in [0.25, 0.3) is 5.91 Å². The van der Waals surface area contributed by atoms with Gasteiger partial charge in [-0.3, -0.25) is 9.48 Å². The van der Waals surface area contributed by atoms with Crippen molar-refractivity contribution in [2.45, 2.75) is 26.4 Å². The number of nitrogens with zero attached hydrogens (tertiary/aromatic N) is 7. The van der Waals surface area contributed by atoms with Crippen molar-refractivity contribution in [1.29, 1.82) is 0 Å². The van der Waals surface area contributed by atoms with Gasteiger partial charge in [-0.25, -0.2) is 19.7 Å². The summed E-state index contributed by atoms with van der Waals surface area (Å²) < 4.78 is 12.7. The summed E-state index contributed by atoms with van der Waals surface area (Å²) in [5.74, 6) is 1.47. The Bertz CT molecular complexity index is 1540. The Kier molecular flexibility index (Phi) is 9.15. The van der Waals surface area contributed by atoms with Gasteiger partial charge in [0, 0.05) is 39.6 Å². The van der Waals surface area contributed by atoms with Crippen LogP contribution in [-0.4, -0.2) is 79.5 Å². The van der Waals surface area contributed by atoms with Crippen molar-refractivity contribution in [2.24, 2.45) is 7.05 Å². The minimum Gasteiger partial charge on any atom is -0.494 e. The van der Waals surface area contributed by atoms with Crippen molar-refractivity contribution in [1.82, 2.24) is 39.9 Å². The largest absolute Gasteiger partial charge is 0.494 e. The number of benzene rings is 1. The summed E-state index contributed by atoms with van der Waals surface area (Å²) in [4.78, 5) is 44.4. The maximum absolute atomic E-state index is 13.3. The quantitative estimate of drug-likeness (QED) is 0.253. The molecule has 14 nitrogen and oxygen atoms in total. The van der Waals surface area contributed by atoms with Crippen molar-refractivity contribution >= 4 is 35.3 Å². The van der Waals surface area contributed by atoms with Crippen LogP contribution in [0, 0.1) is 0 Å². The van der Waals surface area contributed by atoms with E-state index in [1.54, 1.807) is 70.3 Å². The smallest absolute Gasteiger partial charge is 0.410 e. The van der Waals surface area contributed by atoms with E-state index in [1.165, 1.54) is 18.2 Å². The zero-order valence-corrected chi connectivity index (χ0v) is 24.4. The molecule has 4 aromatic rings. The number of amides is 2. The van der Waals surface area contributed by atoms with E-state index in [-0.39, 0.29) is 30.4 Å². The first-order chi connectivity index (χ1) is 20.0. The van der Waals surface area contributed by atoms with E-state index >= 15 is 0 Å². The van der Waals surface area contributed by atoms with E-state index < -0.39 is 17.6 Å². The Hall–Kier alpha value is -5.27. The highest BCUT2D eigenvalue weighted by Crippen LogP contribution is 2.36. The Morgan fingerprint density at radius 1 is 1.05 bits per heavy atom. The highest BCUT2D eigenvalue weighted by atomic mass is 16.6. The van der Waals surface area contributed by atoms with Crippen LogP contribution in [0.5, 0.6) is 5.75 Å². The molecule has 0 saturated carbocycles. The summed E-state index contributed by atoms with van der Waals surface area (Å²) in [5.41, 5.74) is 0.733. The molecule has 3 N–H and O–H groups in total. The lowest BCUT2D eigenvalue weighted by Gasteiger charge is -2.24. The Labute approximate surface area is 243 Å². The molecule has 220 valence electrons. The molecule has 0 fully saturated rings. The molecule has 0 aliphatic rings. The second kappa shape index (κ2) is 12.9. The van der Waals surface area contributed by atoms with E-state index in [2.05, 4.69) is 41.0 Å². The summed E-state index contributed by atoms with van der Waals surface area (Å²) in [5, 5.41) is 13.4. The van der Waals surface area contributed by atoms with Crippen molar-refractivity contribution in [3.8, 4) is 17.1 Å². The third kappa shape index (κ3) is 7.68. The summed E-state index contributed by atoms with van der Waals surface area (Å²) in [6, 6.07) is 10.8. The number of likely N-dealkylation sites (N-methyl/N-ethyl adjacent to an activating group) is 1. The lowest BCUT2D eigenvalue weighted by atomic mass is 10.1. The van der Waals surface area contributed by atoms with Gasteiger partial charge in [0.1, 0.15) is 29.1 Å². The van der Waals surface area contributed by atoms with Crippen LogP contribution in [0.3, 0.4) is 0 Å². The number of pyridine rings is 1. The summed E-state index contributed by atoms with van der Waals surface area (Å²) in [6.45, 7) is 5.78. The number of para-hydroxylation sites is 1. The van der Waals surface area contributed by atoms with E-state index in [4.69, 9.17) is 9.47 Å². The van der Waals surface area contributed by atoms with E-state index in [0.29, 0.717) is 28.6 Å². The lowest BCUT2D eigenvalue weighted by molar-refractivity contribution is 0.0299. The lowest BCUT2D eigenvalue weighted by Crippen LogP contribution is -2.39. The molecular weight excluding hydrogens is 540 g/mol. The standard InChI is InChI=1S/C28H34N10O4/c1-28(2,3)42-27(40)37(4)15-14-30-25(39)19-16-31-26(34-21-12-7-8-13-29-21)35-24(19)33-20-11-9-10-18(22(20)41-6)23-32-17-38(5)36-23/h7-13,16-17H,14-15H2,1-6H3,(H,30,39)(H2,29,31,33,34,35). The van der Waals surface area contributed by atoms with Crippen molar-refractivity contribution < 1.29 is 19.1 Å². The normalized spacial score (nSPS) is 11.0. The molecule has 0 aliphatic heterocycles. The Morgan fingerprint density at radius 2 is 1.86 bits per heavy atom. The van der Waals surface area contributed by atoms with Crippen LogP contribution in [0.1, 0.15) is 31.1 Å². The molecule has 0 spiro atoms. The van der Waals surface area contributed by atoms with Crippen molar-refractivity contribution in [3.63, 3.8) is 0 Å². The molecule has 0 saturated heterocycles. The number of hydrogen-bond acceptors (Lipinski definition) is 11. The molecule has 42 heavy (non-hydrogen) atoms. The Morgan fingerprint density at radius 3 is 2.52 bits per heavy atom. The van der Waals surface area contributed by atoms with Crippen LogP contribution in [-0.2, 0) is 11.8 Å². The zero-order chi connectivity index (χ0) is 30.3. The third-order valence-corrected chi connectivity index (χ3v) is 5.69. The molecule has 14 heteroatoms. The van der Waals surface area contributed by atoms with Crippen molar-refractivity contribution in [2.75, 3.05) is 37.9 Å². The molecule has 4 rings (SSSR count). The van der Waals surface area contributed by atoms with Gasteiger partial charge in [0.15, 0.2) is 11.6 Å². The number of rotatable bonds is 10. The molecule has 0 radical (unpaired) electrons. The van der Waals surface area contributed by atoms with Crippen LogP contribution < -0.4 is 20.7 Å². The fraction of sp³-hybridized carbons (Fsp3) is 0.321. The average molecular weight is 575 g/mol. The molecule has 0 aliphatic carbocycles. The van der Waals surface area contributed by atoms with Crippen LogP contribution >= 0.6 is 0 Å². The molecular formula is C28H34N10O4. The second-order valence-corrected chi connectivity index (χ2v) is 10.2. The highest BCUT2D eigenvalue weighted by molar-refractivity contribution is 5.99. The number of carbonyl (C=O) groups excluding carboxylic acids is 2. The number of aromatic nitrogens is 6. The summed E-state index contributed by atoms with van der Waals surface area (Å²) in [6.07, 6.45) is 4.16. The molecule has 0 bridgehead atoms. The number of methoxy groups -OCH3 is 1. The van der Waals surface area contributed by atoms with Gasteiger partial charge in [-0.2, -0.15) is 10.1 Å². The highest BCUT2D eigenvalue weighted by Gasteiger charge is 2.21. The van der Waals surface area contributed by atoms with Gasteiger partial charge >= 0.3 is 6.09 Å². The fourth-order valence-corrected chi connectivity index (χ4v) is 3.74. The average Bonchev–Trinajstić information content (AvgIpc) is 3.38. The molecule has 0 unspecified atom stereocenters. The number of hydrogen-bond donors (Lipinski definition) is 3. The SMILES string of the molecule is COc1c(Nc2nc(Nc3ccccn3)ncc2C(=O)NCCN(C)C(=O)OC(C)(C)C)cccc1-c1ncn(C)n1. The topological polar surface area (TPSA) is 161 Å². The first-order valence-electron chi connectivity index (χ1n) is 13.1. The molecule has 2 amide bonds.